The number of halogens is 1. The Morgan fingerprint density at radius 1 is 1.08 bits per heavy atom. The van der Waals surface area contributed by atoms with Crippen molar-refractivity contribution in [3.63, 3.8) is 0 Å². The minimum atomic E-state index is -0.781. The van der Waals surface area contributed by atoms with Crippen LogP contribution in [0.2, 0.25) is 5.02 Å². The van der Waals surface area contributed by atoms with Gasteiger partial charge < -0.3 is 24.8 Å². The van der Waals surface area contributed by atoms with Crippen molar-refractivity contribution in [3.05, 3.63) is 40.9 Å². The summed E-state index contributed by atoms with van der Waals surface area (Å²) in [5.41, 5.74) is 3.15. The number of imidazole rings is 1. The van der Waals surface area contributed by atoms with Crippen LogP contribution >= 0.6 is 11.6 Å². The number of aromatic amines is 1. The zero-order chi connectivity index (χ0) is 27.7. The third-order valence-corrected chi connectivity index (χ3v) is 8.41. The third-order valence-electron chi connectivity index (χ3n) is 8.12. The molecule has 3 aromatic rings. The largest absolute Gasteiger partial charge is 0.481 e. The monoisotopic (exact) mass is 554 g/mol. The fraction of sp³-hybridized carbons (Fsp3) is 0.517. The van der Waals surface area contributed by atoms with Gasteiger partial charge in [0.2, 0.25) is 5.91 Å². The number of likely N-dealkylation sites (tertiary alicyclic amines) is 1. The van der Waals surface area contributed by atoms with Crippen LogP contribution < -0.4 is 4.74 Å². The average Bonchev–Trinajstić information content (AvgIpc) is 3.33. The lowest BCUT2D eigenvalue weighted by molar-refractivity contribution is -0.144. The quantitative estimate of drug-likeness (QED) is 0.374. The lowest BCUT2D eigenvalue weighted by Gasteiger charge is -2.36. The van der Waals surface area contributed by atoms with Crippen molar-refractivity contribution in [1.82, 2.24) is 19.9 Å². The van der Waals surface area contributed by atoms with Gasteiger partial charge in [0.15, 0.2) is 5.65 Å². The molecule has 2 aromatic heterocycles. The second-order valence-electron chi connectivity index (χ2n) is 11.4. The van der Waals surface area contributed by atoms with E-state index in [1.165, 1.54) is 5.56 Å². The standard InChI is InChI=1S/C29H35ClN4O5/c1-29(2,16-35)27(38)34-13-11-21(12-14-34)39-28-31-23-15-22(30)24(32-25(23)33-28)19-7-3-17(4-8-19)18-5-9-20(10-6-18)26(36)37/h3-4,7-8,15,18,20-21,35H,5-6,9-14,16H2,1-2H3,(H,36,37)(H,31,32,33)/t18-,20-. The van der Waals surface area contributed by atoms with Crippen molar-refractivity contribution in [2.75, 3.05) is 19.7 Å². The maximum absolute atomic E-state index is 12.6. The number of aliphatic hydroxyl groups excluding tert-OH is 1. The number of rotatable bonds is 7. The van der Waals surface area contributed by atoms with Gasteiger partial charge in [-0.2, -0.15) is 4.98 Å². The topological polar surface area (TPSA) is 129 Å². The molecule has 1 aliphatic carbocycles. The van der Waals surface area contributed by atoms with Gasteiger partial charge in [-0.15, -0.1) is 0 Å². The number of aliphatic hydroxyl groups is 1. The molecule has 9 nitrogen and oxygen atoms in total. The predicted molar refractivity (Wildman–Crippen MR) is 148 cm³/mol. The second-order valence-corrected chi connectivity index (χ2v) is 11.8. The molecule has 0 unspecified atom stereocenters. The normalized spacial score (nSPS) is 20.8. The van der Waals surface area contributed by atoms with Crippen molar-refractivity contribution in [1.29, 1.82) is 0 Å². The van der Waals surface area contributed by atoms with Crippen LogP contribution in [-0.4, -0.2) is 67.7 Å². The van der Waals surface area contributed by atoms with E-state index >= 15 is 0 Å². The number of pyridine rings is 1. The van der Waals surface area contributed by atoms with E-state index in [-0.39, 0.29) is 24.5 Å². The molecular weight excluding hydrogens is 520 g/mol. The number of amides is 1. The summed E-state index contributed by atoms with van der Waals surface area (Å²) in [4.78, 5) is 38.1. The summed E-state index contributed by atoms with van der Waals surface area (Å²) < 4.78 is 6.10. The van der Waals surface area contributed by atoms with Crippen LogP contribution in [0.4, 0.5) is 0 Å². The summed E-state index contributed by atoms with van der Waals surface area (Å²) in [7, 11) is 0. The Morgan fingerprint density at radius 3 is 2.36 bits per heavy atom. The molecule has 1 saturated heterocycles. The van der Waals surface area contributed by atoms with Crippen molar-refractivity contribution < 1.29 is 24.5 Å². The highest BCUT2D eigenvalue weighted by atomic mass is 35.5. The van der Waals surface area contributed by atoms with Crippen molar-refractivity contribution in [3.8, 4) is 17.3 Å². The zero-order valence-electron chi connectivity index (χ0n) is 22.3. The van der Waals surface area contributed by atoms with Gasteiger partial charge in [-0.3, -0.25) is 9.59 Å². The van der Waals surface area contributed by atoms with Crippen LogP contribution in [0.3, 0.4) is 0 Å². The first-order valence-corrected chi connectivity index (χ1v) is 14.0. The summed E-state index contributed by atoms with van der Waals surface area (Å²) in [6, 6.07) is 10.4. The highest BCUT2D eigenvalue weighted by Gasteiger charge is 2.34. The number of hydrogen-bond acceptors (Lipinski definition) is 6. The number of ether oxygens (including phenoxy) is 1. The molecule has 0 spiro atoms. The Hall–Kier alpha value is -3.17. The number of nitrogens with one attached hydrogen (secondary N) is 1. The number of fused-ring (bicyclic) bond motifs is 1. The molecule has 39 heavy (non-hydrogen) atoms. The van der Waals surface area contributed by atoms with Crippen LogP contribution in [0.15, 0.2) is 30.3 Å². The molecule has 10 heteroatoms. The summed E-state index contributed by atoms with van der Waals surface area (Å²) >= 11 is 6.61. The lowest BCUT2D eigenvalue weighted by atomic mass is 9.78. The third kappa shape index (κ3) is 5.89. The van der Waals surface area contributed by atoms with Gasteiger partial charge in [-0.1, -0.05) is 35.9 Å². The Balaban J connectivity index is 1.23. The number of aromatic nitrogens is 3. The molecule has 208 valence electrons. The number of hydrogen-bond donors (Lipinski definition) is 3. The van der Waals surface area contributed by atoms with Crippen LogP contribution in [-0.2, 0) is 9.59 Å². The number of benzene rings is 1. The van der Waals surface area contributed by atoms with Gasteiger partial charge in [0.05, 0.1) is 34.2 Å². The van der Waals surface area contributed by atoms with E-state index < -0.39 is 11.4 Å². The Labute approximate surface area is 232 Å². The molecule has 1 aromatic carbocycles. The maximum atomic E-state index is 12.6. The summed E-state index contributed by atoms with van der Waals surface area (Å²) in [6.07, 6.45) is 4.46. The van der Waals surface area contributed by atoms with E-state index in [0.717, 1.165) is 18.4 Å². The number of nitrogens with zero attached hydrogens (tertiary/aromatic N) is 3. The molecule has 0 atom stereocenters. The second kappa shape index (κ2) is 11.1. The molecule has 3 N–H and O–H groups in total. The fourth-order valence-electron chi connectivity index (χ4n) is 5.57. The number of carbonyl (C=O) groups excluding carboxylic acids is 1. The fourth-order valence-corrected chi connectivity index (χ4v) is 5.83. The molecule has 0 bridgehead atoms. The molecule has 1 amide bonds. The molecule has 5 rings (SSSR count). The average molecular weight is 555 g/mol. The smallest absolute Gasteiger partial charge is 0.306 e. The minimum absolute atomic E-state index is 0.0443. The minimum Gasteiger partial charge on any atom is -0.481 e. The molecule has 1 saturated carbocycles. The maximum Gasteiger partial charge on any atom is 0.306 e. The van der Waals surface area contributed by atoms with E-state index in [4.69, 9.17) is 21.3 Å². The van der Waals surface area contributed by atoms with E-state index in [0.29, 0.717) is 72.6 Å². The Kier molecular flexibility index (Phi) is 7.82. The van der Waals surface area contributed by atoms with E-state index in [1.54, 1.807) is 24.8 Å². The van der Waals surface area contributed by atoms with Crippen LogP contribution in [0.25, 0.3) is 22.4 Å². The summed E-state index contributed by atoms with van der Waals surface area (Å²) in [5, 5.41) is 19.2. The van der Waals surface area contributed by atoms with Gasteiger partial charge in [0.1, 0.15) is 6.10 Å². The SMILES string of the molecule is CC(C)(CO)C(=O)N1CCC(Oc2nc3nc(-c4ccc([C@H]5CC[C@H](C(=O)O)CC5)cc4)c(Cl)cc3[nH]2)CC1. The molecule has 0 radical (unpaired) electrons. The van der Waals surface area contributed by atoms with Crippen molar-refractivity contribution in [2.45, 2.75) is 64.4 Å². The van der Waals surface area contributed by atoms with Crippen molar-refractivity contribution in [2.24, 2.45) is 11.3 Å². The van der Waals surface area contributed by atoms with Gasteiger partial charge in [0, 0.05) is 31.5 Å². The van der Waals surface area contributed by atoms with Gasteiger partial charge in [-0.25, -0.2) is 4.98 Å². The van der Waals surface area contributed by atoms with E-state index in [1.807, 2.05) is 12.1 Å². The van der Waals surface area contributed by atoms with E-state index in [2.05, 4.69) is 22.1 Å². The predicted octanol–water partition coefficient (Wildman–Crippen LogP) is 5.03. The van der Waals surface area contributed by atoms with Gasteiger partial charge in [0.25, 0.3) is 6.01 Å². The van der Waals surface area contributed by atoms with Gasteiger partial charge >= 0.3 is 5.97 Å². The van der Waals surface area contributed by atoms with Crippen LogP contribution in [0.5, 0.6) is 6.01 Å². The number of carboxylic acid groups (broad SMARTS) is 1. The van der Waals surface area contributed by atoms with Crippen LogP contribution in [0.1, 0.15) is 63.9 Å². The van der Waals surface area contributed by atoms with Gasteiger partial charge in [-0.05, 0) is 57.1 Å². The van der Waals surface area contributed by atoms with Crippen molar-refractivity contribution >= 4 is 34.6 Å². The molecule has 2 aliphatic rings. The Bertz CT molecular complexity index is 1340. The number of aliphatic carboxylic acids is 1. The first kappa shape index (κ1) is 27.4. The molecule has 2 fully saturated rings. The summed E-state index contributed by atoms with van der Waals surface area (Å²) in [6.45, 7) is 4.46. The highest BCUT2D eigenvalue weighted by Crippen LogP contribution is 2.37. The number of carbonyl (C=O) groups is 2. The zero-order valence-corrected chi connectivity index (χ0v) is 23.1. The number of carboxylic acids is 1. The Morgan fingerprint density at radius 2 is 1.74 bits per heavy atom. The van der Waals surface area contributed by atoms with Crippen LogP contribution in [0, 0.1) is 11.3 Å². The molecule has 3 heterocycles. The molecule has 1 aliphatic heterocycles. The highest BCUT2D eigenvalue weighted by molar-refractivity contribution is 6.33. The lowest BCUT2D eigenvalue weighted by Crippen LogP contribution is -2.48. The number of H-pyrrole nitrogens is 1. The first-order chi connectivity index (χ1) is 18.6. The van der Waals surface area contributed by atoms with E-state index in [9.17, 15) is 19.8 Å². The number of piperidine rings is 1. The summed E-state index contributed by atoms with van der Waals surface area (Å²) in [5.74, 6) is -0.582. The molecular formula is C29H35ClN4O5. The first-order valence-electron chi connectivity index (χ1n) is 13.6.